The van der Waals surface area contributed by atoms with E-state index in [2.05, 4.69) is 0 Å². The van der Waals surface area contributed by atoms with E-state index in [9.17, 15) is 13.6 Å². The van der Waals surface area contributed by atoms with Crippen LogP contribution in [0.3, 0.4) is 0 Å². The molecule has 0 N–H and O–H groups in total. The fourth-order valence-corrected chi connectivity index (χ4v) is 4.98. The smallest absolute Gasteiger partial charge is 0.293 e. The summed E-state index contributed by atoms with van der Waals surface area (Å²) in [7, 11) is 0. The van der Waals surface area contributed by atoms with Gasteiger partial charge in [-0.2, -0.15) is 4.39 Å². The van der Waals surface area contributed by atoms with Crippen LogP contribution in [0.15, 0.2) is 12.1 Å². The molecule has 0 aromatic heterocycles. The van der Waals surface area contributed by atoms with Crippen LogP contribution in [0.1, 0.15) is 82.6 Å². The highest BCUT2D eigenvalue weighted by Crippen LogP contribution is 2.44. The Bertz CT molecular complexity index is 633. The van der Waals surface area contributed by atoms with Crippen molar-refractivity contribution in [1.82, 2.24) is 0 Å². The van der Waals surface area contributed by atoms with E-state index in [0.29, 0.717) is 30.5 Å². The maximum absolute atomic E-state index is 14.6. The maximum atomic E-state index is 14.6. The van der Waals surface area contributed by atoms with Crippen LogP contribution in [0.2, 0.25) is 0 Å². The molecule has 2 saturated carbocycles. The highest BCUT2D eigenvalue weighted by Gasteiger charge is 2.33. The van der Waals surface area contributed by atoms with Gasteiger partial charge in [0, 0.05) is 0 Å². The van der Waals surface area contributed by atoms with Gasteiger partial charge in [0.15, 0.2) is 11.6 Å². The maximum Gasteiger partial charge on any atom is 0.293 e. The Morgan fingerprint density at radius 2 is 1.61 bits per heavy atom. The predicted octanol–water partition coefficient (Wildman–Crippen LogP) is 6.15. The molecule has 0 radical (unpaired) electrons. The van der Waals surface area contributed by atoms with Crippen LogP contribution in [-0.4, -0.2) is 19.2 Å². The lowest BCUT2D eigenvalue weighted by Crippen LogP contribution is -2.28. The zero-order valence-corrected chi connectivity index (χ0v) is 16.8. The van der Waals surface area contributed by atoms with E-state index in [-0.39, 0.29) is 17.8 Å². The second kappa shape index (κ2) is 10.2. The standard InChI is InChI=1S/C23H32F2O3/c1-2-3-14-27-21-13-12-20(22(24)23(21)25)18-6-4-16(5-7-18)17-8-10-19(11-9-17)28-15-26/h12-13,15-19H,2-11,14H2,1H3. The molecule has 0 spiro atoms. The quantitative estimate of drug-likeness (QED) is 0.392. The number of carbonyl (C=O) groups excluding carboxylic acids is 1. The molecule has 0 saturated heterocycles. The molecule has 156 valence electrons. The first-order valence-corrected chi connectivity index (χ1v) is 10.8. The number of unbranched alkanes of at least 4 members (excludes halogenated alkanes) is 1. The van der Waals surface area contributed by atoms with Gasteiger partial charge in [-0.15, -0.1) is 0 Å². The van der Waals surface area contributed by atoms with Gasteiger partial charge < -0.3 is 9.47 Å². The highest BCUT2D eigenvalue weighted by molar-refractivity contribution is 5.37. The van der Waals surface area contributed by atoms with E-state index >= 15 is 0 Å². The zero-order valence-electron chi connectivity index (χ0n) is 16.8. The Hall–Kier alpha value is -1.65. The first-order chi connectivity index (χ1) is 13.6. The first-order valence-electron chi connectivity index (χ1n) is 10.8. The van der Waals surface area contributed by atoms with Gasteiger partial charge in [0.25, 0.3) is 6.47 Å². The largest absolute Gasteiger partial charge is 0.490 e. The van der Waals surface area contributed by atoms with Crippen molar-refractivity contribution in [3.8, 4) is 5.75 Å². The van der Waals surface area contributed by atoms with Crippen molar-refractivity contribution in [2.24, 2.45) is 11.8 Å². The molecule has 1 aromatic rings. The Morgan fingerprint density at radius 1 is 0.964 bits per heavy atom. The van der Waals surface area contributed by atoms with Crippen LogP contribution in [0.5, 0.6) is 5.75 Å². The van der Waals surface area contributed by atoms with Crippen molar-refractivity contribution in [2.75, 3.05) is 6.61 Å². The molecule has 2 aliphatic rings. The summed E-state index contributed by atoms with van der Waals surface area (Å²) in [6.45, 7) is 3.01. The minimum Gasteiger partial charge on any atom is -0.490 e. The second-order valence-electron chi connectivity index (χ2n) is 8.36. The predicted molar refractivity (Wildman–Crippen MR) is 104 cm³/mol. The minimum atomic E-state index is -0.843. The summed E-state index contributed by atoms with van der Waals surface area (Å²) in [6.07, 6.45) is 9.89. The van der Waals surface area contributed by atoms with Gasteiger partial charge in [0.1, 0.15) is 6.10 Å². The van der Waals surface area contributed by atoms with Gasteiger partial charge in [0.05, 0.1) is 6.61 Å². The Labute approximate surface area is 166 Å². The number of hydrogen-bond acceptors (Lipinski definition) is 3. The van der Waals surface area contributed by atoms with Gasteiger partial charge in [-0.05, 0) is 87.2 Å². The monoisotopic (exact) mass is 394 g/mol. The number of benzene rings is 1. The zero-order chi connectivity index (χ0) is 19.9. The molecular weight excluding hydrogens is 362 g/mol. The average Bonchev–Trinajstić information content (AvgIpc) is 2.72. The van der Waals surface area contributed by atoms with Crippen molar-refractivity contribution in [3.63, 3.8) is 0 Å². The number of carbonyl (C=O) groups is 1. The summed E-state index contributed by atoms with van der Waals surface area (Å²) >= 11 is 0. The van der Waals surface area contributed by atoms with Crippen LogP contribution in [0.4, 0.5) is 8.78 Å². The molecule has 0 amide bonds. The lowest BCUT2D eigenvalue weighted by molar-refractivity contribution is -0.135. The summed E-state index contributed by atoms with van der Waals surface area (Å²) in [5, 5.41) is 0. The van der Waals surface area contributed by atoms with Crippen molar-refractivity contribution >= 4 is 6.47 Å². The van der Waals surface area contributed by atoms with E-state index in [1.54, 1.807) is 12.1 Å². The summed E-state index contributed by atoms with van der Waals surface area (Å²) in [4.78, 5) is 10.5. The molecular formula is C23H32F2O3. The number of hydrogen-bond donors (Lipinski definition) is 0. The minimum absolute atomic E-state index is 0.0256. The number of halogens is 2. The molecule has 0 unspecified atom stereocenters. The molecule has 0 atom stereocenters. The SMILES string of the molecule is CCCCOc1ccc(C2CCC(C3CCC(OC=O)CC3)CC2)c(F)c1F. The molecule has 3 rings (SSSR count). The number of ether oxygens (including phenoxy) is 2. The third-order valence-corrected chi connectivity index (χ3v) is 6.68. The lowest BCUT2D eigenvalue weighted by Gasteiger charge is -2.37. The first kappa shape index (κ1) is 21.1. The van der Waals surface area contributed by atoms with Crippen LogP contribution in [0, 0.1) is 23.5 Å². The van der Waals surface area contributed by atoms with Gasteiger partial charge in [-0.1, -0.05) is 19.4 Å². The van der Waals surface area contributed by atoms with Gasteiger partial charge >= 0.3 is 0 Å². The van der Waals surface area contributed by atoms with Gasteiger partial charge in [-0.25, -0.2) is 4.39 Å². The van der Waals surface area contributed by atoms with Gasteiger partial charge in [0.2, 0.25) is 5.82 Å². The molecule has 0 aliphatic heterocycles. The molecule has 1 aromatic carbocycles. The Morgan fingerprint density at radius 3 is 2.21 bits per heavy atom. The van der Waals surface area contributed by atoms with Crippen molar-refractivity contribution < 1.29 is 23.0 Å². The molecule has 3 nitrogen and oxygen atoms in total. The average molecular weight is 395 g/mol. The van der Waals surface area contributed by atoms with E-state index in [1.807, 2.05) is 6.92 Å². The Kier molecular flexibility index (Phi) is 7.69. The molecule has 0 heterocycles. The Balaban J connectivity index is 1.53. The van der Waals surface area contributed by atoms with E-state index in [4.69, 9.17) is 9.47 Å². The van der Waals surface area contributed by atoms with Crippen LogP contribution in [-0.2, 0) is 9.53 Å². The molecule has 2 aliphatic carbocycles. The van der Waals surface area contributed by atoms with E-state index in [0.717, 1.165) is 64.2 Å². The van der Waals surface area contributed by atoms with Gasteiger partial charge in [-0.3, -0.25) is 4.79 Å². The van der Waals surface area contributed by atoms with Crippen LogP contribution in [0.25, 0.3) is 0 Å². The number of rotatable bonds is 8. The third-order valence-electron chi connectivity index (χ3n) is 6.68. The van der Waals surface area contributed by atoms with E-state index in [1.165, 1.54) is 0 Å². The van der Waals surface area contributed by atoms with Crippen LogP contribution < -0.4 is 4.74 Å². The summed E-state index contributed by atoms with van der Waals surface area (Å²) in [5.41, 5.74) is 0.502. The van der Waals surface area contributed by atoms with Crippen molar-refractivity contribution in [2.45, 2.75) is 83.2 Å². The van der Waals surface area contributed by atoms with Crippen molar-refractivity contribution in [1.29, 1.82) is 0 Å². The van der Waals surface area contributed by atoms with E-state index < -0.39 is 11.6 Å². The topological polar surface area (TPSA) is 35.5 Å². The third kappa shape index (κ3) is 5.03. The summed E-state index contributed by atoms with van der Waals surface area (Å²) < 4.78 is 39.5. The molecule has 28 heavy (non-hydrogen) atoms. The molecule has 2 fully saturated rings. The van der Waals surface area contributed by atoms with Crippen molar-refractivity contribution in [3.05, 3.63) is 29.3 Å². The fraction of sp³-hybridized carbons (Fsp3) is 0.696. The van der Waals surface area contributed by atoms with Crippen LogP contribution >= 0.6 is 0 Å². The highest BCUT2D eigenvalue weighted by atomic mass is 19.2. The molecule has 0 bridgehead atoms. The normalized spacial score (nSPS) is 28.0. The lowest BCUT2D eigenvalue weighted by atomic mass is 9.69. The molecule has 5 heteroatoms. The second-order valence-corrected chi connectivity index (χ2v) is 8.36. The fourth-order valence-electron chi connectivity index (χ4n) is 4.98. The summed E-state index contributed by atoms with van der Waals surface area (Å²) in [5.74, 6) is -0.141. The summed E-state index contributed by atoms with van der Waals surface area (Å²) in [6, 6.07) is 3.30.